The average Bonchev–Trinajstić information content (AvgIpc) is 3.22. The van der Waals surface area contributed by atoms with Crippen LogP contribution in [0.15, 0.2) is 72.9 Å². The van der Waals surface area contributed by atoms with Gasteiger partial charge in [-0.3, -0.25) is 14.5 Å². The first-order chi connectivity index (χ1) is 17.6. The van der Waals surface area contributed by atoms with E-state index in [0.717, 1.165) is 36.6 Å². The zero-order chi connectivity index (χ0) is 24.9. The summed E-state index contributed by atoms with van der Waals surface area (Å²) in [6.45, 7) is 3.96. The first kappa shape index (κ1) is 23.6. The van der Waals surface area contributed by atoms with E-state index < -0.39 is 0 Å². The van der Waals surface area contributed by atoms with Crippen LogP contribution in [0.2, 0.25) is 0 Å². The first-order valence-corrected chi connectivity index (χ1v) is 12.3. The normalized spacial score (nSPS) is 16.4. The Morgan fingerprint density at radius 1 is 1.00 bits per heavy atom. The summed E-state index contributed by atoms with van der Waals surface area (Å²) in [5.41, 5.74) is 10.1. The second kappa shape index (κ2) is 10.7. The molecule has 4 N–H and O–H groups in total. The number of fused-ring (bicyclic) bond motifs is 1. The lowest BCUT2D eigenvalue weighted by Crippen LogP contribution is -2.33. The van der Waals surface area contributed by atoms with E-state index in [4.69, 9.17) is 10.5 Å². The van der Waals surface area contributed by atoms with Crippen LogP contribution in [-0.2, 0) is 4.79 Å². The zero-order valence-corrected chi connectivity index (χ0v) is 20.1. The number of carbonyl (C=O) groups excluding carboxylic acids is 2. The van der Waals surface area contributed by atoms with Crippen molar-refractivity contribution in [1.29, 1.82) is 0 Å². The van der Waals surface area contributed by atoms with Crippen LogP contribution in [0.1, 0.15) is 40.7 Å². The largest absolute Gasteiger partial charge is 0.492 e. The van der Waals surface area contributed by atoms with Gasteiger partial charge in [0, 0.05) is 46.5 Å². The third-order valence-corrected chi connectivity index (χ3v) is 6.58. The van der Waals surface area contributed by atoms with Gasteiger partial charge in [0.1, 0.15) is 12.4 Å². The summed E-state index contributed by atoms with van der Waals surface area (Å²) in [5.74, 6) is 0.461. The predicted octanol–water partition coefficient (Wildman–Crippen LogP) is 4.77. The summed E-state index contributed by atoms with van der Waals surface area (Å²) in [4.78, 5) is 27.9. The number of nitrogen functional groups attached to an aromatic ring is 1. The van der Waals surface area contributed by atoms with Crippen molar-refractivity contribution in [2.45, 2.75) is 19.3 Å². The first-order valence-electron chi connectivity index (χ1n) is 12.3. The molecule has 184 valence electrons. The van der Waals surface area contributed by atoms with Gasteiger partial charge in [-0.25, -0.2) is 0 Å². The second-order valence-corrected chi connectivity index (χ2v) is 9.15. The van der Waals surface area contributed by atoms with Gasteiger partial charge in [-0.15, -0.1) is 0 Å². The van der Waals surface area contributed by atoms with Gasteiger partial charge in [0.05, 0.1) is 5.57 Å². The van der Waals surface area contributed by atoms with Crippen LogP contribution in [-0.4, -0.2) is 42.8 Å². The van der Waals surface area contributed by atoms with Crippen LogP contribution in [0.4, 0.5) is 17.1 Å². The zero-order valence-electron chi connectivity index (χ0n) is 20.1. The van der Waals surface area contributed by atoms with E-state index in [1.807, 2.05) is 24.3 Å². The number of amides is 1. The molecule has 0 spiro atoms. The van der Waals surface area contributed by atoms with Crippen LogP contribution in [0.25, 0.3) is 5.57 Å². The Hall–Kier alpha value is -4.10. The Kier molecular flexibility index (Phi) is 7.00. The second-order valence-electron chi connectivity index (χ2n) is 9.15. The highest BCUT2D eigenvalue weighted by molar-refractivity contribution is 6.32. The highest BCUT2D eigenvalue weighted by Gasteiger charge is 2.25. The maximum Gasteiger partial charge on any atom is 0.257 e. The monoisotopic (exact) mass is 482 g/mol. The standard InChI is InChI=1S/C29H30N4O3/c30-22-6-4-5-20(17-22)28(34)21-7-12-25-26(29(35)32-27(25)18-21)19-31-23-8-10-24(11-9-23)36-16-15-33-13-2-1-3-14-33/h4-12,17-19,31H,1-3,13-16,30H2,(H,32,35). The topological polar surface area (TPSA) is 96.7 Å². The van der Waals surface area contributed by atoms with Crippen LogP contribution < -0.4 is 21.1 Å². The molecule has 0 radical (unpaired) electrons. The minimum atomic E-state index is -0.219. The van der Waals surface area contributed by atoms with E-state index in [0.29, 0.717) is 34.7 Å². The summed E-state index contributed by atoms with van der Waals surface area (Å²) >= 11 is 0. The Labute approximate surface area is 210 Å². The molecular formula is C29H30N4O3. The van der Waals surface area contributed by atoms with Gasteiger partial charge in [-0.1, -0.05) is 30.7 Å². The fourth-order valence-electron chi connectivity index (χ4n) is 4.60. The molecule has 1 amide bonds. The minimum absolute atomic E-state index is 0.145. The van der Waals surface area contributed by atoms with Gasteiger partial charge in [-0.2, -0.15) is 0 Å². The number of carbonyl (C=O) groups is 2. The van der Waals surface area contributed by atoms with Crippen molar-refractivity contribution in [2.24, 2.45) is 0 Å². The van der Waals surface area contributed by atoms with Crippen molar-refractivity contribution >= 4 is 34.3 Å². The molecule has 0 atom stereocenters. The van der Waals surface area contributed by atoms with E-state index in [9.17, 15) is 9.59 Å². The minimum Gasteiger partial charge on any atom is -0.492 e. The fraction of sp³-hybridized carbons (Fsp3) is 0.241. The quantitative estimate of drug-likeness (QED) is 0.243. The van der Waals surface area contributed by atoms with Crippen molar-refractivity contribution in [2.75, 3.05) is 42.6 Å². The molecule has 2 aliphatic rings. The van der Waals surface area contributed by atoms with Crippen molar-refractivity contribution < 1.29 is 14.3 Å². The molecule has 0 saturated carbocycles. The summed E-state index contributed by atoms with van der Waals surface area (Å²) in [6.07, 6.45) is 5.58. The molecule has 1 fully saturated rings. The number of piperidine rings is 1. The van der Waals surface area contributed by atoms with Gasteiger partial charge in [0.2, 0.25) is 0 Å². The van der Waals surface area contributed by atoms with Gasteiger partial charge in [0.15, 0.2) is 5.78 Å². The summed E-state index contributed by atoms with van der Waals surface area (Å²) in [7, 11) is 0. The third kappa shape index (κ3) is 5.42. The summed E-state index contributed by atoms with van der Waals surface area (Å²) in [6, 6.07) is 19.8. The van der Waals surface area contributed by atoms with Gasteiger partial charge in [0.25, 0.3) is 5.91 Å². The number of ketones is 1. The molecule has 36 heavy (non-hydrogen) atoms. The maximum absolute atomic E-state index is 12.8. The van der Waals surface area contributed by atoms with Crippen molar-refractivity contribution in [1.82, 2.24) is 4.90 Å². The van der Waals surface area contributed by atoms with E-state index >= 15 is 0 Å². The Bertz CT molecular complexity index is 1290. The lowest BCUT2D eigenvalue weighted by molar-refractivity contribution is -0.110. The molecule has 0 aromatic heterocycles. The molecular weight excluding hydrogens is 452 g/mol. The number of benzene rings is 3. The van der Waals surface area contributed by atoms with Crippen molar-refractivity contribution in [3.63, 3.8) is 0 Å². The number of rotatable bonds is 8. The SMILES string of the molecule is Nc1cccc(C(=O)c2ccc3c(c2)NC(=O)C3=CNc2ccc(OCCN3CCCCC3)cc2)c1. The highest BCUT2D eigenvalue weighted by atomic mass is 16.5. The number of anilines is 3. The lowest BCUT2D eigenvalue weighted by Gasteiger charge is -2.26. The Morgan fingerprint density at radius 2 is 1.78 bits per heavy atom. The van der Waals surface area contributed by atoms with E-state index in [1.165, 1.54) is 19.3 Å². The number of hydrogen-bond acceptors (Lipinski definition) is 6. The molecule has 7 heteroatoms. The van der Waals surface area contributed by atoms with E-state index in [2.05, 4.69) is 15.5 Å². The Balaban J connectivity index is 1.21. The lowest BCUT2D eigenvalue weighted by atomic mass is 9.99. The molecule has 0 aliphatic carbocycles. The van der Waals surface area contributed by atoms with Crippen molar-refractivity contribution in [3.8, 4) is 5.75 Å². The molecule has 0 unspecified atom stereocenters. The molecule has 1 saturated heterocycles. The highest BCUT2D eigenvalue weighted by Crippen LogP contribution is 2.33. The number of nitrogens with zero attached hydrogens (tertiary/aromatic N) is 1. The maximum atomic E-state index is 12.8. The predicted molar refractivity (Wildman–Crippen MR) is 143 cm³/mol. The summed E-state index contributed by atoms with van der Waals surface area (Å²) in [5, 5.41) is 6.05. The number of nitrogens with two attached hydrogens (primary N) is 1. The molecule has 3 aromatic rings. The van der Waals surface area contributed by atoms with Gasteiger partial charge in [-0.05, 0) is 68.4 Å². The van der Waals surface area contributed by atoms with Crippen LogP contribution in [0.5, 0.6) is 5.75 Å². The molecule has 5 rings (SSSR count). The van der Waals surface area contributed by atoms with Gasteiger partial charge < -0.3 is 21.1 Å². The number of nitrogens with one attached hydrogen (secondary N) is 2. The average molecular weight is 483 g/mol. The molecule has 2 heterocycles. The smallest absolute Gasteiger partial charge is 0.257 e. The van der Waals surface area contributed by atoms with Gasteiger partial charge >= 0.3 is 0 Å². The molecule has 0 bridgehead atoms. The molecule has 7 nitrogen and oxygen atoms in total. The fourth-order valence-corrected chi connectivity index (χ4v) is 4.60. The Morgan fingerprint density at radius 3 is 2.56 bits per heavy atom. The van der Waals surface area contributed by atoms with E-state index in [-0.39, 0.29) is 11.7 Å². The van der Waals surface area contributed by atoms with Crippen molar-refractivity contribution in [3.05, 3.63) is 89.6 Å². The van der Waals surface area contributed by atoms with Crippen LogP contribution in [0, 0.1) is 0 Å². The summed E-state index contributed by atoms with van der Waals surface area (Å²) < 4.78 is 5.89. The molecule has 2 aliphatic heterocycles. The number of ether oxygens (including phenoxy) is 1. The van der Waals surface area contributed by atoms with E-state index in [1.54, 1.807) is 48.7 Å². The number of hydrogen-bond donors (Lipinski definition) is 3. The van der Waals surface area contributed by atoms with Crippen LogP contribution in [0.3, 0.4) is 0 Å². The third-order valence-electron chi connectivity index (χ3n) is 6.58. The van der Waals surface area contributed by atoms with Crippen LogP contribution >= 0.6 is 0 Å². The number of likely N-dealkylation sites (tertiary alicyclic amines) is 1. The molecule has 3 aromatic carbocycles.